The van der Waals surface area contributed by atoms with Crippen molar-refractivity contribution in [2.45, 2.75) is 0 Å². The van der Waals surface area contributed by atoms with Crippen LogP contribution in [0.2, 0.25) is 0 Å². The Bertz CT molecular complexity index is 1040. The van der Waals surface area contributed by atoms with Crippen LogP contribution >= 0.6 is 0 Å². The Kier molecular flexibility index (Phi) is 4.65. The molecule has 0 heterocycles. The molecule has 0 amide bonds. The van der Waals surface area contributed by atoms with Crippen molar-refractivity contribution in [1.82, 2.24) is 0 Å². The third-order valence-electron chi connectivity index (χ3n) is 4.69. The fourth-order valence-electron chi connectivity index (χ4n) is 3.22. The highest BCUT2D eigenvalue weighted by Gasteiger charge is 2.15. The van der Waals surface area contributed by atoms with Crippen molar-refractivity contribution in [2.24, 2.45) is 0 Å². The highest BCUT2D eigenvalue weighted by atomic mass is 16.3. The quantitative estimate of drug-likeness (QED) is 0.458. The van der Waals surface area contributed by atoms with Crippen molar-refractivity contribution in [3.63, 3.8) is 0 Å². The van der Waals surface area contributed by atoms with E-state index in [0.29, 0.717) is 22.3 Å². The van der Waals surface area contributed by atoms with Gasteiger partial charge >= 0.3 is 0 Å². The topological polar surface area (TPSA) is 57.5 Å². The van der Waals surface area contributed by atoms with Crippen LogP contribution in [0, 0.1) is 0 Å². The van der Waals surface area contributed by atoms with Gasteiger partial charge in [0.15, 0.2) is 5.78 Å². The van der Waals surface area contributed by atoms with Crippen LogP contribution in [0.1, 0.15) is 15.9 Å². The van der Waals surface area contributed by atoms with E-state index in [0.717, 1.165) is 11.1 Å². The van der Waals surface area contributed by atoms with Crippen LogP contribution in [-0.4, -0.2) is 16.0 Å². The first-order chi connectivity index (χ1) is 13.6. The summed E-state index contributed by atoms with van der Waals surface area (Å²) in [5, 5.41) is 20.5. The summed E-state index contributed by atoms with van der Waals surface area (Å²) >= 11 is 0. The monoisotopic (exact) mass is 366 g/mol. The van der Waals surface area contributed by atoms with Crippen molar-refractivity contribution in [2.75, 3.05) is 0 Å². The number of phenols is 2. The molecule has 0 aromatic heterocycles. The number of hydrogen-bond acceptors (Lipinski definition) is 3. The second kappa shape index (κ2) is 7.41. The number of hydrogen-bond donors (Lipinski definition) is 2. The van der Waals surface area contributed by atoms with Crippen LogP contribution in [0.4, 0.5) is 0 Å². The molecule has 4 aromatic carbocycles. The number of aromatic hydroxyl groups is 2. The Hall–Kier alpha value is -3.85. The second-order valence-electron chi connectivity index (χ2n) is 6.53. The lowest BCUT2D eigenvalue weighted by atomic mass is 9.95. The Balaban J connectivity index is 1.75. The lowest BCUT2D eigenvalue weighted by Gasteiger charge is -2.10. The van der Waals surface area contributed by atoms with Gasteiger partial charge in [0.1, 0.15) is 11.5 Å². The molecule has 4 aromatic rings. The molecule has 136 valence electrons. The highest BCUT2D eigenvalue weighted by Crippen LogP contribution is 2.33. The van der Waals surface area contributed by atoms with E-state index in [1.165, 1.54) is 12.1 Å². The molecule has 0 fully saturated rings. The predicted molar refractivity (Wildman–Crippen MR) is 111 cm³/mol. The van der Waals surface area contributed by atoms with Gasteiger partial charge in [0.05, 0.1) is 0 Å². The molecule has 28 heavy (non-hydrogen) atoms. The molecule has 0 saturated carbocycles. The summed E-state index contributed by atoms with van der Waals surface area (Å²) in [6.45, 7) is 0. The number of benzene rings is 4. The molecule has 4 rings (SSSR count). The maximum Gasteiger partial charge on any atom is 0.193 e. The molecular formula is C25H18O3. The zero-order valence-corrected chi connectivity index (χ0v) is 15.0. The van der Waals surface area contributed by atoms with Crippen LogP contribution in [0.5, 0.6) is 11.5 Å². The van der Waals surface area contributed by atoms with Crippen molar-refractivity contribution < 1.29 is 15.0 Å². The molecule has 2 N–H and O–H groups in total. The van der Waals surface area contributed by atoms with E-state index >= 15 is 0 Å². The van der Waals surface area contributed by atoms with Crippen LogP contribution in [-0.2, 0) is 0 Å². The molecule has 0 atom stereocenters. The standard InChI is InChI=1S/C25H18O3/c26-23-13-11-19(15-21(23)17-7-3-1-4-8-17)25(28)20-12-14-24(27)22(16-20)18-9-5-2-6-10-18/h1-16,26-27H. The molecule has 0 radical (unpaired) electrons. The van der Waals surface area contributed by atoms with Gasteiger partial charge in [-0.3, -0.25) is 4.79 Å². The average Bonchev–Trinajstić information content (AvgIpc) is 2.75. The van der Waals surface area contributed by atoms with Crippen molar-refractivity contribution >= 4 is 5.78 Å². The van der Waals surface area contributed by atoms with E-state index in [2.05, 4.69) is 0 Å². The molecule has 0 unspecified atom stereocenters. The molecule has 0 aliphatic carbocycles. The minimum atomic E-state index is -0.172. The Morgan fingerprint density at radius 3 is 1.32 bits per heavy atom. The summed E-state index contributed by atoms with van der Waals surface area (Å²) in [5.74, 6) is 0.0752. The zero-order valence-electron chi connectivity index (χ0n) is 15.0. The van der Waals surface area contributed by atoms with Gasteiger partial charge in [0.25, 0.3) is 0 Å². The van der Waals surface area contributed by atoms with E-state index in [4.69, 9.17) is 0 Å². The maximum atomic E-state index is 13.1. The number of carbonyl (C=O) groups is 1. The first-order valence-electron chi connectivity index (χ1n) is 8.95. The second-order valence-corrected chi connectivity index (χ2v) is 6.53. The number of ketones is 1. The Labute approximate surface area is 163 Å². The van der Waals surface area contributed by atoms with Crippen LogP contribution < -0.4 is 0 Å². The van der Waals surface area contributed by atoms with E-state index in [9.17, 15) is 15.0 Å². The minimum Gasteiger partial charge on any atom is -0.507 e. The summed E-state index contributed by atoms with van der Waals surface area (Å²) in [6.07, 6.45) is 0. The molecule has 3 nitrogen and oxygen atoms in total. The van der Waals surface area contributed by atoms with Crippen LogP contribution in [0.3, 0.4) is 0 Å². The van der Waals surface area contributed by atoms with Gasteiger partial charge in [0, 0.05) is 22.3 Å². The number of rotatable bonds is 4. The van der Waals surface area contributed by atoms with E-state index < -0.39 is 0 Å². The maximum absolute atomic E-state index is 13.1. The third-order valence-corrected chi connectivity index (χ3v) is 4.69. The number of carbonyl (C=O) groups excluding carboxylic acids is 1. The van der Waals surface area contributed by atoms with Gasteiger partial charge in [-0.05, 0) is 47.5 Å². The van der Waals surface area contributed by atoms with Gasteiger partial charge in [0.2, 0.25) is 0 Å². The largest absolute Gasteiger partial charge is 0.507 e. The van der Waals surface area contributed by atoms with E-state index in [1.807, 2.05) is 60.7 Å². The first kappa shape index (κ1) is 17.6. The molecule has 0 spiro atoms. The average molecular weight is 366 g/mol. The summed E-state index contributed by atoms with van der Waals surface area (Å²) in [7, 11) is 0. The summed E-state index contributed by atoms with van der Waals surface area (Å²) in [4.78, 5) is 13.1. The van der Waals surface area contributed by atoms with Gasteiger partial charge in [-0.1, -0.05) is 60.7 Å². The Morgan fingerprint density at radius 2 is 0.929 bits per heavy atom. The predicted octanol–water partition coefficient (Wildman–Crippen LogP) is 5.66. The third kappa shape index (κ3) is 3.38. The van der Waals surface area contributed by atoms with Crippen molar-refractivity contribution in [3.8, 4) is 33.8 Å². The fourth-order valence-corrected chi connectivity index (χ4v) is 3.22. The van der Waals surface area contributed by atoms with E-state index in [-0.39, 0.29) is 17.3 Å². The fraction of sp³-hybridized carbons (Fsp3) is 0. The van der Waals surface area contributed by atoms with Crippen LogP contribution in [0.15, 0.2) is 97.1 Å². The smallest absolute Gasteiger partial charge is 0.193 e. The zero-order chi connectivity index (χ0) is 19.5. The molecule has 0 saturated heterocycles. The normalized spacial score (nSPS) is 10.6. The first-order valence-corrected chi connectivity index (χ1v) is 8.95. The van der Waals surface area contributed by atoms with Gasteiger partial charge in [-0.25, -0.2) is 0 Å². The highest BCUT2D eigenvalue weighted by molar-refractivity contribution is 6.10. The number of phenolic OH excluding ortho intramolecular Hbond substituents is 2. The molecule has 0 aliphatic rings. The molecule has 0 aliphatic heterocycles. The lowest BCUT2D eigenvalue weighted by Crippen LogP contribution is -2.02. The van der Waals surface area contributed by atoms with Crippen LogP contribution in [0.25, 0.3) is 22.3 Å². The Morgan fingerprint density at radius 1 is 0.536 bits per heavy atom. The molecular weight excluding hydrogens is 348 g/mol. The van der Waals surface area contributed by atoms with Gasteiger partial charge < -0.3 is 10.2 Å². The van der Waals surface area contributed by atoms with E-state index in [1.54, 1.807) is 24.3 Å². The lowest BCUT2D eigenvalue weighted by molar-refractivity contribution is 0.103. The summed E-state index contributed by atoms with van der Waals surface area (Å²) in [5.41, 5.74) is 3.83. The molecule has 3 heteroatoms. The SMILES string of the molecule is O=C(c1ccc(O)c(-c2ccccc2)c1)c1ccc(O)c(-c2ccccc2)c1. The van der Waals surface area contributed by atoms with Gasteiger partial charge in [-0.2, -0.15) is 0 Å². The minimum absolute atomic E-state index is 0.124. The molecule has 0 bridgehead atoms. The van der Waals surface area contributed by atoms with Crippen molar-refractivity contribution in [1.29, 1.82) is 0 Å². The van der Waals surface area contributed by atoms with Crippen molar-refractivity contribution in [3.05, 3.63) is 108 Å². The summed E-state index contributed by atoms with van der Waals surface area (Å²) < 4.78 is 0. The van der Waals surface area contributed by atoms with Gasteiger partial charge in [-0.15, -0.1) is 0 Å². The summed E-state index contributed by atoms with van der Waals surface area (Å²) in [6, 6.07) is 28.6.